The third-order valence-corrected chi connectivity index (χ3v) is 3.41. The van der Waals surface area contributed by atoms with Crippen molar-refractivity contribution in [3.63, 3.8) is 0 Å². The molecule has 0 aromatic heterocycles. The van der Waals surface area contributed by atoms with E-state index in [1.165, 1.54) is 0 Å². The van der Waals surface area contributed by atoms with Gasteiger partial charge < -0.3 is 15.4 Å². The molecule has 2 N–H and O–H groups in total. The summed E-state index contributed by atoms with van der Waals surface area (Å²) in [4.78, 5) is 6.46. The van der Waals surface area contributed by atoms with Crippen LogP contribution in [0, 0.1) is 0 Å². The van der Waals surface area contributed by atoms with E-state index in [4.69, 9.17) is 10.5 Å². The zero-order valence-electron chi connectivity index (χ0n) is 13.2. The molecule has 0 saturated carbocycles. The van der Waals surface area contributed by atoms with Gasteiger partial charge in [-0.2, -0.15) is 0 Å². The molecule has 0 unspecified atom stereocenters. The molecule has 0 fully saturated rings. The van der Waals surface area contributed by atoms with Crippen LogP contribution in [0.15, 0.2) is 59.6 Å². The molecule has 4 heteroatoms. The number of guanidine groups is 1. The lowest BCUT2D eigenvalue weighted by molar-refractivity contribution is 0.458. The van der Waals surface area contributed by atoms with Crippen molar-refractivity contribution in [3.05, 3.63) is 60.2 Å². The molecular weight excluding hydrogens is 274 g/mol. The minimum atomic E-state index is 0.577. The van der Waals surface area contributed by atoms with Gasteiger partial charge in [-0.3, -0.25) is 0 Å². The third-order valence-electron chi connectivity index (χ3n) is 3.41. The molecule has 2 aromatic carbocycles. The highest BCUT2D eigenvalue weighted by Crippen LogP contribution is 2.21. The average Bonchev–Trinajstić information content (AvgIpc) is 2.56. The van der Waals surface area contributed by atoms with Gasteiger partial charge in [0.05, 0.1) is 6.54 Å². The Morgan fingerprint density at radius 3 is 2.14 bits per heavy atom. The topological polar surface area (TPSA) is 50.8 Å². The average molecular weight is 297 g/mol. The highest BCUT2D eigenvalue weighted by atomic mass is 16.5. The summed E-state index contributed by atoms with van der Waals surface area (Å²) in [5, 5.41) is 0. The first kappa shape index (κ1) is 15.9. The summed E-state index contributed by atoms with van der Waals surface area (Å²) in [6, 6.07) is 17.7. The van der Waals surface area contributed by atoms with E-state index in [9.17, 15) is 0 Å². The monoisotopic (exact) mass is 297 g/mol. The van der Waals surface area contributed by atoms with E-state index in [-0.39, 0.29) is 0 Å². The van der Waals surface area contributed by atoms with Crippen LogP contribution in [0.5, 0.6) is 11.5 Å². The summed E-state index contributed by atoms with van der Waals surface area (Å²) >= 11 is 0. The number of nitrogens with zero attached hydrogens (tertiary/aromatic N) is 2. The van der Waals surface area contributed by atoms with Crippen LogP contribution in [0.3, 0.4) is 0 Å². The van der Waals surface area contributed by atoms with Crippen LogP contribution >= 0.6 is 0 Å². The summed E-state index contributed by atoms with van der Waals surface area (Å²) in [6.07, 6.45) is 0. The number of hydrogen-bond donors (Lipinski definition) is 1. The van der Waals surface area contributed by atoms with Gasteiger partial charge in [0.25, 0.3) is 0 Å². The summed E-state index contributed by atoms with van der Waals surface area (Å²) < 4.78 is 5.76. The molecule has 2 aromatic rings. The van der Waals surface area contributed by atoms with Gasteiger partial charge in [0.1, 0.15) is 11.5 Å². The fourth-order valence-electron chi connectivity index (χ4n) is 2.11. The number of ether oxygens (including phenoxy) is 1. The second-order valence-electron chi connectivity index (χ2n) is 4.91. The first-order chi connectivity index (χ1) is 10.7. The first-order valence-corrected chi connectivity index (χ1v) is 7.59. The van der Waals surface area contributed by atoms with E-state index < -0.39 is 0 Å². The molecule has 116 valence electrons. The zero-order chi connectivity index (χ0) is 15.8. The number of hydrogen-bond acceptors (Lipinski definition) is 2. The van der Waals surface area contributed by atoms with Crippen molar-refractivity contribution >= 4 is 5.96 Å². The molecule has 0 aliphatic rings. The first-order valence-electron chi connectivity index (χ1n) is 7.59. The number of para-hydroxylation sites is 1. The highest BCUT2D eigenvalue weighted by molar-refractivity contribution is 5.78. The maximum absolute atomic E-state index is 5.97. The third kappa shape index (κ3) is 4.52. The predicted molar refractivity (Wildman–Crippen MR) is 91.2 cm³/mol. The number of nitrogens with two attached hydrogens (primary N) is 1. The fourth-order valence-corrected chi connectivity index (χ4v) is 2.11. The Morgan fingerprint density at radius 1 is 0.955 bits per heavy atom. The van der Waals surface area contributed by atoms with Crippen LogP contribution in [0.25, 0.3) is 0 Å². The maximum atomic E-state index is 5.97. The van der Waals surface area contributed by atoms with E-state index in [0.717, 1.165) is 30.2 Å². The largest absolute Gasteiger partial charge is 0.457 e. The van der Waals surface area contributed by atoms with E-state index in [2.05, 4.69) is 18.8 Å². The van der Waals surface area contributed by atoms with E-state index in [0.29, 0.717) is 12.5 Å². The van der Waals surface area contributed by atoms with Gasteiger partial charge >= 0.3 is 0 Å². The van der Waals surface area contributed by atoms with Crippen LogP contribution in [-0.2, 0) is 6.54 Å². The second kappa shape index (κ2) is 8.08. The Balaban J connectivity index is 1.96. The Labute approximate surface area is 132 Å². The van der Waals surface area contributed by atoms with Gasteiger partial charge in [0.15, 0.2) is 5.96 Å². The van der Waals surface area contributed by atoms with Crippen LogP contribution in [0.1, 0.15) is 19.4 Å². The molecule has 0 saturated heterocycles. The SMILES string of the molecule is CCN(CC)C(N)=NCc1ccc(Oc2ccccc2)cc1. The standard InChI is InChI=1S/C18H23N3O/c1-3-21(4-2)18(19)20-14-15-10-12-17(13-11-15)22-16-8-6-5-7-9-16/h5-13H,3-4,14H2,1-2H3,(H2,19,20). The summed E-state index contributed by atoms with van der Waals surface area (Å²) in [5.41, 5.74) is 7.08. The molecule has 4 nitrogen and oxygen atoms in total. The summed E-state index contributed by atoms with van der Waals surface area (Å²) in [7, 11) is 0. The second-order valence-corrected chi connectivity index (χ2v) is 4.91. The fraction of sp³-hybridized carbons (Fsp3) is 0.278. The Kier molecular flexibility index (Phi) is 5.83. The van der Waals surface area contributed by atoms with Gasteiger partial charge in [-0.15, -0.1) is 0 Å². The van der Waals surface area contributed by atoms with Crippen molar-refractivity contribution in [1.82, 2.24) is 4.90 Å². The summed E-state index contributed by atoms with van der Waals surface area (Å²) in [6.45, 7) is 6.46. The van der Waals surface area contributed by atoms with Gasteiger partial charge in [-0.25, -0.2) is 4.99 Å². The normalized spacial score (nSPS) is 11.3. The quantitative estimate of drug-likeness (QED) is 0.654. The highest BCUT2D eigenvalue weighted by Gasteiger charge is 2.02. The van der Waals surface area contributed by atoms with E-state index >= 15 is 0 Å². The van der Waals surface area contributed by atoms with Gasteiger partial charge in [-0.1, -0.05) is 30.3 Å². The molecule has 0 heterocycles. The molecule has 0 bridgehead atoms. The van der Waals surface area contributed by atoms with Crippen LogP contribution in [0.4, 0.5) is 0 Å². The predicted octanol–water partition coefficient (Wildman–Crippen LogP) is 3.64. The van der Waals surface area contributed by atoms with Gasteiger partial charge in [0, 0.05) is 13.1 Å². The number of rotatable bonds is 6. The molecule has 0 amide bonds. The lowest BCUT2D eigenvalue weighted by atomic mass is 10.2. The molecule has 0 aliphatic carbocycles. The lowest BCUT2D eigenvalue weighted by Crippen LogP contribution is -2.37. The van der Waals surface area contributed by atoms with Crippen molar-refractivity contribution in [3.8, 4) is 11.5 Å². The van der Waals surface area contributed by atoms with Gasteiger partial charge in [-0.05, 0) is 43.7 Å². The maximum Gasteiger partial charge on any atom is 0.191 e. The molecule has 22 heavy (non-hydrogen) atoms. The van der Waals surface area contributed by atoms with Crippen LogP contribution in [-0.4, -0.2) is 23.9 Å². The van der Waals surface area contributed by atoms with Crippen molar-refractivity contribution in [1.29, 1.82) is 0 Å². The van der Waals surface area contributed by atoms with Crippen LogP contribution in [0.2, 0.25) is 0 Å². The summed E-state index contributed by atoms with van der Waals surface area (Å²) in [5.74, 6) is 2.24. The van der Waals surface area contributed by atoms with E-state index in [1.807, 2.05) is 59.5 Å². The van der Waals surface area contributed by atoms with Crippen molar-refractivity contribution in [2.75, 3.05) is 13.1 Å². The van der Waals surface area contributed by atoms with E-state index in [1.54, 1.807) is 0 Å². The van der Waals surface area contributed by atoms with Crippen molar-refractivity contribution < 1.29 is 4.74 Å². The molecular formula is C18H23N3O. The number of benzene rings is 2. The Morgan fingerprint density at radius 2 is 1.55 bits per heavy atom. The molecule has 2 rings (SSSR count). The molecule has 0 atom stereocenters. The Bertz CT molecular complexity index is 589. The zero-order valence-corrected chi connectivity index (χ0v) is 13.2. The van der Waals surface area contributed by atoms with Gasteiger partial charge in [0.2, 0.25) is 0 Å². The smallest absolute Gasteiger partial charge is 0.191 e. The minimum Gasteiger partial charge on any atom is -0.457 e. The lowest BCUT2D eigenvalue weighted by Gasteiger charge is -2.19. The molecule has 0 radical (unpaired) electrons. The minimum absolute atomic E-state index is 0.577. The number of aliphatic imine (C=N–C) groups is 1. The molecule has 0 aliphatic heterocycles. The Hall–Kier alpha value is -2.49. The van der Waals surface area contributed by atoms with Crippen molar-refractivity contribution in [2.24, 2.45) is 10.7 Å². The van der Waals surface area contributed by atoms with Crippen molar-refractivity contribution in [2.45, 2.75) is 20.4 Å². The molecule has 0 spiro atoms. The van der Waals surface area contributed by atoms with Crippen LogP contribution < -0.4 is 10.5 Å².